The van der Waals surface area contributed by atoms with Crippen molar-refractivity contribution in [1.29, 1.82) is 0 Å². The number of nitrogens with one attached hydrogen (secondary N) is 1. The summed E-state index contributed by atoms with van der Waals surface area (Å²) in [6, 6.07) is 8.78. The lowest BCUT2D eigenvalue weighted by atomic mass is 9.44. The Bertz CT molecular complexity index is 2140. The predicted molar refractivity (Wildman–Crippen MR) is 252 cm³/mol. The molecule has 0 radical (unpaired) electrons. The maximum Gasteiger partial charge on any atom is 0.407 e. The van der Waals surface area contributed by atoms with Crippen LogP contribution in [0, 0.1) is 22.7 Å². The second kappa shape index (κ2) is 19.8. The number of ketones is 1. The van der Waals surface area contributed by atoms with E-state index in [0.29, 0.717) is 18.1 Å². The van der Waals surface area contributed by atoms with Crippen molar-refractivity contribution >= 4 is 44.1 Å². The molecule has 1 saturated heterocycles. The first-order chi connectivity index (χ1) is 31.5. The Morgan fingerprint density at radius 1 is 0.971 bits per heavy atom. The van der Waals surface area contributed by atoms with Crippen LogP contribution in [0.5, 0.6) is 0 Å². The molecule has 2 saturated carbocycles. The number of esters is 4. The molecule has 68 heavy (non-hydrogen) atoms. The number of fused-ring (bicyclic) bond motifs is 5. The molecule has 4 aliphatic rings. The van der Waals surface area contributed by atoms with Crippen molar-refractivity contribution in [2.45, 2.75) is 193 Å². The van der Waals surface area contributed by atoms with Gasteiger partial charge in [-0.25, -0.2) is 14.4 Å². The van der Waals surface area contributed by atoms with Crippen LogP contribution in [-0.2, 0) is 52.0 Å². The van der Waals surface area contributed by atoms with E-state index in [0.717, 1.165) is 13.0 Å². The minimum atomic E-state index is -2.64. The highest BCUT2D eigenvalue weighted by atomic mass is 28.4. The van der Waals surface area contributed by atoms with Crippen LogP contribution in [0.4, 0.5) is 4.79 Å². The number of benzene rings is 1. The summed E-state index contributed by atoms with van der Waals surface area (Å²) in [5.41, 5.74) is -10.7. The molecule has 17 heteroatoms. The zero-order valence-electron chi connectivity index (χ0n) is 42.4. The Balaban J connectivity index is 1.84. The van der Waals surface area contributed by atoms with E-state index in [2.05, 4.69) is 11.9 Å². The van der Waals surface area contributed by atoms with Crippen molar-refractivity contribution < 1.29 is 71.8 Å². The summed E-state index contributed by atoms with van der Waals surface area (Å²) in [7, 11) is -2.64. The van der Waals surface area contributed by atoms with E-state index in [-0.39, 0.29) is 42.1 Å². The van der Waals surface area contributed by atoms with E-state index in [9.17, 15) is 34.2 Å². The van der Waals surface area contributed by atoms with Crippen molar-refractivity contribution in [1.82, 2.24) is 5.32 Å². The van der Waals surface area contributed by atoms with Gasteiger partial charge in [0, 0.05) is 32.1 Å². The largest absolute Gasteiger partial charge is 0.455 e. The molecule has 1 amide bonds. The summed E-state index contributed by atoms with van der Waals surface area (Å²) in [6.45, 7) is 27.1. The van der Waals surface area contributed by atoms with E-state index in [1.165, 1.54) is 19.1 Å². The van der Waals surface area contributed by atoms with Gasteiger partial charge in [-0.2, -0.15) is 0 Å². The van der Waals surface area contributed by atoms with Crippen LogP contribution in [-0.4, -0.2) is 120 Å². The summed E-state index contributed by atoms with van der Waals surface area (Å²) in [5, 5.41) is 29.0. The zero-order valence-corrected chi connectivity index (χ0v) is 43.4. The van der Waals surface area contributed by atoms with Crippen molar-refractivity contribution in [3.63, 3.8) is 0 Å². The van der Waals surface area contributed by atoms with E-state index < -0.39 is 126 Å². The molecule has 5 rings (SSSR count). The SMILES string of the molecule is C=C[C@@](O)(C(=O)O[C@H]1C[C@@]2(O)[C@@H](OC(=O)c3ccccc3)[C@@H]3[C@]4(OC(C)=O)CO[C@@H]4C[C@H](O[Si](CC)(CC)CC)[C@@]3(C)C(=O)[C@H](OC(C)=O)C(=C1C)C2(C)C)[C@H](CC(C)C)NC(=O)OC(C)(C)C. The minimum absolute atomic E-state index is 0.0579. The van der Waals surface area contributed by atoms with Gasteiger partial charge >= 0.3 is 30.0 Å². The topological polar surface area (TPSA) is 220 Å². The third-order valence-electron chi connectivity index (χ3n) is 15.3. The molecule has 3 N–H and O–H groups in total. The average Bonchev–Trinajstić information content (AvgIpc) is 3.24. The Labute approximate surface area is 402 Å². The summed E-state index contributed by atoms with van der Waals surface area (Å²) in [5.74, 6) is -6.02. The van der Waals surface area contributed by atoms with Gasteiger partial charge in [-0.15, -0.1) is 0 Å². The molecule has 1 aliphatic heterocycles. The highest BCUT2D eigenvalue weighted by Crippen LogP contribution is 2.65. The standard InChI is InChI=1S/C51H75NO15Si/c1-16-49(59,35(25-29(5)6)52-45(58)66-46(10,11)12)44(57)63-34-27-51(60)42(64-43(56)33-23-21-20-22-24-33)40-48(15,41(55)39(62-31(8)53)38(30(34)7)47(51,13)14)36(67-68(17-2,18-3)19-4)26-37-50(40,28-61-37)65-32(9)54/h16,20-24,29,34-37,39-40,42,59-60H,1,17-19,25-28H2,2-15H3,(H,52,58)/t34-,35-,36-,37+,39+,40-,42-,48+,49-,50-,51+/m0/s1. The van der Waals surface area contributed by atoms with Gasteiger partial charge in [0.1, 0.15) is 29.5 Å². The van der Waals surface area contributed by atoms with Crippen LogP contribution >= 0.6 is 0 Å². The lowest BCUT2D eigenvalue weighted by Gasteiger charge is -2.68. The van der Waals surface area contributed by atoms with E-state index >= 15 is 4.79 Å². The van der Waals surface area contributed by atoms with Gasteiger partial charge in [0.25, 0.3) is 0 Å². The minimum Gasteiger partial charge on any atom is -0.455 e. The molecule has 16 nitrogen and oxygen atoms in total. The molecule has 3 fully saturated rings. The lowest BCUT2D eigenvalue weighted by Crippen LogP contribution is -2.82. The number of rotatable bonds is 16. The number of hydrogen-bond acceptors (Lipinski definition) is 15. The van der Waals surface area contributed by atoms with Crippen LogP contribution in [0.3, 0.4) is 0 Å². The fraction of sp³-hybridized carbons (Fsp3) is 0.686. The van der Waals surface area contributed by atoms with Gasteiger partial charge in [-0.05, 0) is 94.4 Å². The number of Topliss-reactive ketones (excluding diaryl/α,β-unsaturated/α-hetero) is 1. The Kier molecular flexibility index (Phi) is 15.8. The van der Waals surface area contributed by atoms with E-state index in [4.69, 9.17) is 32.8 Å². The average molecular weight is 970 g/mol. The first kappa shape index (κ1) is 54.5. The monoisotopic (exact) mass is 969 g/mol. The van der Waals surface area contributed by atoms with E-state index in [1.54, 1.807) is 66.7 Å². The van der Waals surface area contributed by atoms with E-state index in [1.807, 2.05) is 34.6 Å². The van der Waals surface area contributed by atoms with Crippen molar-refractivity contribution in [2.24, 2.45) is 22.7 Å². The van der Waals surface area contributed by atoms with Crippen molar-refractivity contribution in [3.8, 4) is 0 Å². The molecular formula is C51H75NO15Si. The molecular weight excluding hydrogens is 895 g/mol. The highest BCUT2D eigenvalue weighted by Gasteiger charge is 2.79. The number of carbonyl (C=O) groups is 6. The van der Waals surface area contributed by atoms with Crippen LogP contribution < -0.4 is 5.32 Å². The Morgan fingerprint density at radius 2 is 1.57 bits per heavy atom. The summed E-state index contributed by atoms with van der Waals surface area (Å²) in [6.07, 6.45) is -7.27. The van der Waals surface area contributed by atoms with Gasteiger partial charge in [0.05, 0.1) is 35.6 Å². The number of ether oxygens (including phenoxy) is 6. The second-order valence-electron chi connectivity index (χ2n) is 21.3. The number of hydrogen-bond donors (Lipinski definition) is 3. The Hall–Kier alpha value is -4.42. The zero-order chi connectivity index (χ0) is 51.2. The number of aliphatic hydroxyl groups is 2. The summed E-state index contributed by atoms with van der Waals surface area (Å²) < 4.78 is 44.4. The number of alkyl carbamates (subject to hydrolysis) is 1. The molecule has 3 aliphatic carbocycles. The highest BCUT2D eigenvalue weighted by molar-refractivity contribution is 6.73. The molecule has 1 heterocycles. The smallest absolute Gasteiger partial charge is 0.407 e. The third-order valence-corrected chi connectivity index (χ3v) is 19.9. The molecule has 1 aromatic rings. The fourth-order valence-electron chi connectivity index (χ4n) is 11.3. The van der Waals surface area contributed by atoms with Gasteiger partial charge in [-0.1, -0.05) is 73.2 Å². The van der Waals surface area contributed by atoms with Gasteiger partial charge in [-0.3, -0.25) is 14.4 Å². The van der Waals surface area contributed by atoms with Gasteiger partial charge in [0.15, 0.2) is 25.8 Å². The molecule has 0 spiro atoms. The second-order valence-corrected chi connectivity index (χ2v) is 26.1. The van der Waals surface area contributed by atoms with Gasteiger partial charge < -0.3 is 48.4 Å². The first-order valence-electron chi connectivity index (χ1n) is 23.9. The fourth-order valence-corrected chi connectivity index (χ4v) is 14.3. The molecule has 11 atom stereocenters. The molecule has 2 bridgehead atoms. The van der Waals surface area contributed by atoms with Crippen LogP contribution in [0.1, 0.15) is 127 Å². The summed E-state index contributed by atoms with van der Waals surface area (Å²) in [4.78, 5) is 85.7. The maximum absolute atomic E-state index is 16.3. The molecule has 0 unspecified atom stereocenters. The molecule has 1 aromatic carbocycles. The first-order valence-corrected chi connectivity index (χ1v) is 26.5. The molecule has 0 aromatic heterocycles. The van der Waals surface area contributed by atoms with Crippen molar-refractivity contribution in [2.75, 3.05) is 6.61 Å². The number of carbonyl (C=O) groups excluding carboxylic acids is 6. The lowest BCUT2D eigenvalue weighted by molar-refractivity contribution is -0.344. The third kappa shape index (κ3) is 9.71. The van der Waals surface area contributed by atoms with Crippen LogP contribution in [0.25, 0.3) is 0 Å². The van der Waals surface area contributed by atoms with Crippen LogP contribution in [0.15, 0.2) is 54.1 Å². The summed E-state index contributed by atoms with van der Waals surface area (Å²) >= 11 is 0. The van der Waals surface area contributed by atoms with Crippen molar-refractivity contribution in [3.05, 3.63) is 59.7 Å². The quantitative estimate of drug-likeness (QED) is 0.0652. The normalized spacial score (nSPS) is 31.2. The Morgan fingerprint density at radius 3 is 2.06 bits per heavy atom. The predicted octanol–water partition coefficient (Wildman–Crippen LogP) is 7.09. The molecule has 378 valence electrons. The van der Waals surface area contributed by atoms with Crippen LogP contribution in [0.2, 0.25) is 18.1 Å². The maximum atomic E-state index is 16.3. The van der Waals surface area contributed by atoms with Gasteiger partial charge in [0.2, 0.25) is 5.60 Å². The number of amides is 1.